The molecule has 1 unspecified atom stereocenters. The summed E-state index contributed by atoms with van der Waals surface area (Å²) < 4.78 is 0. The van der Waals surface area contributed by atoms with E-state index in [4.69, 9.17) is 11.6 Å². The van der Waals surface area contributed by atoms with Gasteiger partial charge in [-0.05, 0) is 66.2 Å². The fourth-order valence-corrected chi connectivity index (χ4v) is 5.59. The van der Waals surface area contributed by atoms with E-state index in [1.807, 2.05) is 5.38 Å². The summed E-state index contributed by atoms with van der Waals surface area (Å²) in [4.78, 5) is 4.08. The molecule has 22 heavy (non-hydrogen) atoms. The van der Waals surface area contributed by atoms with Gasteiger partial charge in [-0.25, -0.2) is 0 Å². The normalized spacial score (nSPS) is 23.3. The molecule has 118 valence electrons. The van der Waals surface area contributed by atoms with E-state index in [0.717, 1.165) is 24.2 Å². The van der Waals surface area contributed by atoms with Crippen molar-refractivity contribution in [1.29, 1.82) is 0 Å². The van der Waals surface area contributed by atoms with E-state index >= 15 is 0 Å². The van der Waals surface area contributed by atoms with Crippen LogP contribution in [0.5, 0.6) is 0 Å². The van der Waals surface area contributed by atoms with Crippen LogP contribution in [-0.4, -0.2) is 24.0 Å². The summed E-state index contributed by atoms with van der Waals surface area (Å²) >= 11 is 9.69. The van der Waals surface area contributed by atoms with Crippen molar-refractivity contribution in [3.8, 4) is 0 Å². The lowest BCUT2D eigenvalue weighted by Crippen LogP contribution is -2.35. The third-order valence-corrected chi connectivity index (χ3v) is 7.13. The Hall–Kier alpha value is -0.390. The summed E-state index contributed by atoms with van der Waals surface area (Å²) in [6.07, 6.45) is 4.05. The average Bonchev–Trinajstić information content (AvgIpc) is 2.90. The Bertz CT molecular complexity index is 616. The minimum absolute atomic E-state index is 0.586. The first kappa shape index (κ1) is 15.2. The van der Waals surface area contributed by atoms with Crippen LogP contribution in [0, 0.1) is 5.41 Å². The molecule has 1 aliphatic heterocycles. The maximum Gasteiger partial charge on any atom is 0.0516 e. The maximum atomic E-state index is 6.11. The molecule has 0 radical (unpaired) electrons. The molecule has 0 amide bonds. The topological polar surface area (TPSA) is 15.3 Å². The number of rotatable bonds is 5. The smallest absolute Gasteiger partial charge is 0.0516 e. The number of piperidine rings is 1. The maximum absolute atomic E-state index is 6.11. The van der Waals surface area contributed by atoms with Crippen molar-refractivity contribution in [2.45, 2.75) is 38.4 Å². The van der Waals surface area contributed by atoms with E-state index in [0.29, 0.717) is 5.41 Å². The molecule has 1 aliphatic carbocycles. The predicted molar refractivity (Wildman–Crippen MR) is 95.8 cm³/mol. The average molecular weight is 353 g/mol. The Morgan fingerprint density at radius 3 is 2.82 bits per heavy atom. The molecule has 0 bridgehead atoms. The van der Waals surface area contributed by atoms with Crippen LogP contribution < -0.4 is 5.32 Å². The van der Waals surface area contributed by atoms with Crippen LogP contribution in [0.4, 0.5) is 0 Å². The van der Waals surface area contributed by atoms with Gasteiger partial charge in [0.05, 0.1) is 5.02 Å². The molecule has 1 atom stereocenters. The van der Waals surface area contributed by atoms with Crippen molar-refractivity contribution >= 4 is 34.3 Å². The summed E-state index contributed by atoms with van der Waals surface area (Å²) in [5.74, 6) is 0. The highest BCUT2D eigenvalue weighted by molar-refractivity contribution is 7.10. The summed E-state index contributed by atoms with van der Waals surface area (Å²) in [5.41, 5.74) is 2.03. The first-order chi connectivity index (χ1) is 10.8. The summed E-state index contributed by atoms with van der Waals surface area (Å²) in [5, 5.41) is 10.9. The fourth-order valence-electron chi connectivity index (χ4n) is 3.83. The van der Waals surface area contributed by atoms with Gasteiger partial charge in [0.2, 0.25) is 0 Å². The molecule has 2 aromatic heterocycles. The third kappa shape index (κ3) is 3.13. The standard InChI is InChI=1S/C17H21ClN2S2/c18-14-7-15(22-12-14)10-20(9-13-1-6-21-11-13)16-8-17(16)2-4-19-5-3-17/h1,6-7,11-12,16,19H,2-5,8-10H2. The Kier molecular flexibility index (Phi) is 4.31. The number of thiophene rings is 2. The van der Waals surface area contributed by atoms with Gasteiger partial charge in [-0.1, -0.05) is 11.6 Å². The molecule has 0 aromatic carbocycles. The van der Waals surface area contributed by atoms with Crippen molar-refractivity contribution in [2.75, 3.05) is 13.1 Å². The zero-order chi connectivity index (χ0) is 15.0. The van der Waals surface area contributed by atoms with Crippen LogP contribution in [0.25, 0.3) is 0 Å². The SMILES string of the molecule is Clc1csc(CN(Cc2ccsc2)C2CC23CCNCC3)c1. The zero-order valence-electron chi connectivity index (χ0n) is 12.6. The molecule has 1 spiro atoms. The third-order valence-electron chi connectivity index (χ3n) is 5.13. The molecule has 2 aliphatic rings. The molecule has 5 heteroatoms. The Morgan fingerprint density at radius 2 is 2.14 bits per heavy atom. The molecular formula is C17H21ClN2S2. The van der Waals surface area contributed by atoms with Crippen LogP contribution in [0.2, 0.25) is 5.02 Å². The fraction of sp³-hybridized carbons (Fsp3) is 0.529. The predicted octanol–water partition coefficient (Wildman–Crippen LogP) is 4.61. The Balaban J connectivity index is 1.50. The van der Waals surface area contributed by atoms with Gasteiger partial charge >= 0.3 is 0 Å². The van der Waals surface area contributed by atoms with Crippen LogP contribution in [-0.2, 0) is 13.1 Å². The molecule has 1 saturated carbocycles. The van der Waals surface area contributed by atoms with Gasteiger partial charge in [0.25, 0.3) is 0 Å². The van der Waals surface area contributed by atoms with Gasteiger partial charge in [-0.3, -0.25) is 4.90 Å². The first-order valence-electron chi connectivity index (χ1n) is 7.94. The largest absolute Gasteiger partial charge is 0.317 e. The Labute approximate surface area is 145 Å². The van der Waals surface area contributed by atoms with Gasteiger partial charge in [0.15, 0.2) is 0 Å². The molecule has 2 nitrogen and oxygen atoms in total. The molecule has 1 saturated heterocycles. The molecule has 1 N–H and O–H groups in total. The summed E-state index contributed by atoms with van der Waals surface area (Å²) in [6.45, 7) is 4.48. The summed E-state index contributed by atoms with van der Waals surface area (Å²) in [6, 6.07) is 5.14. The minimum atomic E-state index is 0.586. The van der Waals surface area contributed by atoms with E-state index in [-0.39, 0.29) is 0 Å². The zero-order valence-corrected chi connectivity index (χ0v) is 14.9. The van der Waals surface area contributed by atoms with Gasteiger partial charge in [0.1, 0.15) is 0 Å². The molecule has 2 fully saturated rings. The van der Waals surface area contributed by atoms with E-state index in [1.54, 1.807) is 22.7 Å². The monoisotopic (exact) mass is 352 g/mol. The Morgan fingerprint density at radius 1 is 1.27 bits per heavy atom. The van der Waals surface area contributed by atoms with Gasteiger partial charge in [-0.15, -0.1) is 11.3 Å². The van der Waals surface area contributed by atoms with Gasteiger partial charge in [-0.2, -0.15) is 11.3 Å². The second-order valence-corrected chi connectivity index (χ2v) is 8.81. The van der Waals surface area contributed by atoms with Crippen LogP contribution >= 0.6 is 34.3 Å². The number of hydrogen-bond donors (Lipinski definition) is 1. The first-order valence-corrected chi connectivity index (χ1v) is 10.1. The second kappa shape index (κ2) is 6.25. The number of nitrogens with zero attached hydrogens (tertiary/aromatic N) is 1. The van der Waals surface area contributed by atoms with Crippen molar-refractivity contribution < 1.29 is 0 Å². The van der Waals surface area contributed by atoms with Crippen molar-refractivity contribution in [3.63, 3.8) is 0 Å². The molecular weight excluding hydrogens is 332 g/mol. The number of halogens is 1. The number of hydrogen-bond acceptors (Lipinski definition) is 4. The van der Waals surface area contributed by atoms with E-state index in [9.17, 15) is 0 Å². The highest BCUT2D eigenvalue weighted by Gasteiger charge is 2.56. The van der Waals surface area contributed by atoms with Crippen molar-refractivity contribution in [1.82, 2.24) is 10.2 Å². The van der Waals surface area contributed by atoms with E-state index < -0.39 is 0 Å². The minimum Gasteiger partial charge on any atom is -0.317 e. The second-order valence-electron chi connectivity index (χ2n) is 6.60. The lowest BCUT2D eigenvalue weighted by atomic mass is 9.93. The summed E-state index contributed by atoms with van der Waals surface area (Å²) in [7, 11) is 0. The van der Waals surface area contributed by atoms with Crippen LogP contribution in [0.15, 0.2) is 28.3 Å². The highest BCUT2D eigenvalue weighted by atomic mass is 35.5. The van der Waals surface area contributed by atoms with E-state index in [1.165, 1.54) is 42.8 Å². The van der Waals surface area contributed by atoms with Crippen molar-refractivity contribution in [3.05, 3.63) is 43.7 Å². The van der Waals surface area contributed by atoms with E-state index in [2.05, 4.69) is 33.1 Å². The quantitative estimate of drug-likeness (QED) is 0.845. The molecule has 4 rings (SSSR count). The van der Waals surface area contributed by atoms with Crippen molar-refractivity contribution in [2.24, 2.45) is 5.41 Å². The van der Waals surface area contributed by atoms with Crippen LogP contribution in [0.1, 0.15) is 29.7 Å². The molecule has 2 aromatic rings. The lowest BCUT2D eigenvalue weighted by Gasteiger charge is -2.29. The van der Waals surface area contributed by atoms with Gasteiger partial charge < -0.3 is 5.32 Å². The highest BCUT2D eigenvalue weighted by Crippen LogP contribution is 2.56. The number of nitrogens with one attached hydrogen (secondary N) is 1. The van der Waals surface area contributed by atoms with Crippen LogP contribution in [0.3, 0.4) is 0 Å². The van der Waals surface area contributed by atoms with Gasteiger partial charge in [0, 0.05) is 29.4 Å². The molecule has 3 heterocycles. The lowest BCUT2D eigenvalue weighted by molar-refractivity contribution is 0.189.